The summed E-state index contributed by atoms with van der Waals surface area (Å²) in [4.78, 5) is 0. The summed E-state index contributed by atoms with van der Waals surface area (Å²) in [6.45, 7) is 6.23. The van der Waals surface area contributed by atoms with E-state index in [1.165, 1.54) is 0 Å². The molecule has 0 spiro atoms. The third kappa shape index (κ3) is 4.72. The van der Waals surface area contributed by atoms with Gasteiger partial charge in [-0.15, -0.1) is 0 Å². The normalized spacial score (nSPS) is 25.5. The molecule has 1 saturated carbocycles. The highest BCUT2D eigenvalue weighted by atomic mass is 32.2. The van der Waals surface area contributed by atoms with Crippen molar-refractivity contribution in [2.45, 2.75) is 77.8 Å². The molecular weight excluding hydrogens is 260 g/mol. The van der Waals surface area contributed by atoms with E-state index in [9.17, 15) is 8.42 Å². The van der Waals surface area contributed by atoms with E-state index in [1.807, 2.05) is 0 Å². The van der Waals surface area contributed by atoms with E-state index in [0.29, 0.717) is 0 Å². The molecule has 0 amide bonds. The summed E-state index contributed by atoms with van der Waals surface area (Å²) in [6.07, 6.45) is 6.68. The van der Waals surface area contributed by atoms with Crippen LogP contribution in [0.5, 0.6) is 0 Å². The van der Waals surface area contributed by atoms with Gasteiger partial charge in [-0.05, 0) is 37.5 Å². The molecule has 0 aliphatic heterocycles. The van der Waals surface area contributed by atoms with Crippen LogP contribution in [-0.2, 0) is 10.0 Å². The minimum absolute atomic E-state index is 0.0252. The molecule has 5 heteroatoms. The number of nitrogens with two attached hydrogens (primary N) is 1. The van der Waals surface area contributed by atoms with Gasteiger partial charge in [-0.2, -0.15) is 0 Å². The van der Waals surface area contributed by atoms with Crippen LogP contribution < -0.4 is 10.5 Å². The van der Waals surface area contributed by atoms with Gasteiger partial charge in [0, 0.05) is 12.1 Å². The number of hydrogen-bond acceptors (Lipinski definition) is 3. The first kappa shape index (κ1) is 16.9. The second-order valence-electron chi connectivity index (χ2n) is 5.99. The summed E-state index contributed by atoms with van der Waals surface area (Å²) >= 11 is 0. The van der Waals surface area contributed by atoms with Crippen LogP contribution in [0.4, 0.5) is 0 Å². The maximum atomic E-state index is 12.4. The van der Waals surface area contributed by atoms with Gasteiger partial charge < -0.3 is 5.73 Å². The molecule has 114 valence electrons. The lowest BCUT2D eigenvalue weighted by Crippen LogP contribution is -2.51. The average Bonchev–Trinajstić information content (AvgIpc) is 2.39. The first-order valence-electron chi connectivity index (χ1n) is 7.63. The van der Waals surface area contributed by atoms with Crippen LogP contribution in [0.2, 0.25) is 0 Å². The van der Waals surface area contributed by atoms with E-state index in [-0.39, 0.29) is 23.3 Å². The molecule has 0 radical (unpaired) electrons. The average molecular weight is 290 g/mol. The molecule has 2 atom stereocenters. The minimum atomic E-state index is -3.24. The zero-order valence-corrected chi connectivity index (χ0v) is 13.4. The van der Waals surface area contributed by atoms with Gasteiger partial charge in [-0.3, -0.25) is 0 Å². The molecule has 0 aromatic heterocycles. The van der Waals surface area contributed by atoms with Crippen molar-refractivity contribution in [2.75, 3.05) is 5.75 Å². The molecule has 19 heavy (non-hydrogen) atoms. The van der Waals surface area contributed by atoms with E-state index in [2.05, 4.69) is 25.5 Å². The molecule has 0 aromatic rings. The largest absolute Gasteiger partial charge is 0.326 e. The molecule has 0 saturated heterocycles. The lowest BCUT2D eigenvalue weighted by Gasteiger charge is -2.33. The quantitative estimate of drug-likeness (QED) is 0.756. The smallest absolute Gasteiger partial charge is 0.212 e. The fourth-order valence-electron chi connectivity index (χ4n) is 3.04. The highest BCUT2D eigenvalue weighted by Gasteiger charge is 2.33. The Morgan fingerprint density at radius 2 is 1.63 bits per heavy atom. The maximum Gasteiger partial charge on any atom is 0.212 e. The molecule has 3 N–H and O–H groups in total. The number of nitrogens with one attached hydrogen (secondary N) is 1. The minimum Gasteiger partial charge on any atom is -0.326 e. The number of hydrogen-bond donors (Lipinski definition) is 2. The Hall–Kier alpha value is -0.130. The van der Waals surface area contributed by atoms with E-state index >= 15 is 0 Å². The van der Waals surface area contributed by atoms with E-state index in [4.69, 9.17) is 5.73 Å². The Morgan fingerprint density at radius 1 is 1.11 bits per heavy atom. The van der Waals surface area contributed by atoms with Gasteiger partial charge in [0.05, 0.1) is 5.75 Å². The summed E-state index contributed by atoms with van der Waals surface area (Å²) in [5.41, 5.74) is 5.93. The van der Waals surface area contributed by atoms with Gasteiger partial charge in [0.2, 0.25) is 10.0 Å². The van der Waals surface area contributed by atoms with Gasteiger partial charge >= 0.3 is 0 Å². The maximum absolute atomic E-state index is 12.4. The van der Waals surface area contributed by atoms with Gasteiger partial charge in [-0.25, -0.2) is 13.1 Å². The number of sulfonamides is 1. The Labute approximate surface area is 118 Å². The van der Waals surface area contributed by atoms with Crippen LogP contribution >= 0.6 is 0 Å². The molecular formula is C14H30N2O2S. The van der Waals surface area contributed by atoms with Crippen molar-refractivity contribution in [1.82, 2.24) is 4.72 Å². The van der Waals surface area contributed by atoms with Crippen molar-refractivity contribution >= 4 is 10.0 Å². The standard InChI is InChI=1S/C14H30N2O2S/c1-4-14(5-2,6-3)11-19(17,18)16-13-10-8-7-9-12(13)15/h12-13,16H,4-11,15H2,1-3H3. The van der Waals surface area contributed by atoms with E-state index < -0.39 is 10.0 Å². The van der Waals surface area contributed by atoms with Crippen LogP contribution in [0.25, 0.3) is 0 Å². The van der Waals surface area contributed by atoms with Gasteiger partial charge in [0.15, 0.2) is 0 Å². The molecule has 0 bridgehead atoms. The summed E-state index contributed by atoms with van der Waals surface area (Å²) in [5.74, 6) is 0.229. The van der Waals surface area contributed by atoms with Crippen molar-refractivity contribution in [3.63, 3.8) is 0 Å². The van der Waals surface area contributed by atoms with E-state index in [1.54, 1.807) is 0 Å². The second kappa shape index (κ2) is 7.04. The molecule has 1 aliphatic carbocycles. The number of rotatable bonds is 7. The summed E-state index contributed by atoms with van der Waals surface area (Å²) in [5, 5.41) is 0. The lowest BCUT2D eigenvalue weighted by atomic mass is 9.82. The molecule has 2 unspecified atom stereocenters. The molecule has 0 aromatic carbocycles. The highest BCUT2D eigenvalue weighted by molar-refractivity contribution is 7.89. The van der Waals surface area contributed by atoms with Crippen molar-refractivity contribution < 1.29 is 8.42 Å². The molecule has 0 heterocycles. The molecule has 1 fully saturated rings. The molecule has 1 aliphatic rings. The van der Waals surface area contributed by atoms with Gasteiger partial charge in [0.25, 0.3) is 0 Å². The predicted molar refractivity (Wildman–Crippen MR) is 80.5 cm³/mol. The summed E-state index contributed by atoms with van der Waals surface area (Å²) < 4.78 is 27.6. The van der Waals surface area contributed by atoms with Crippen LogP contribution in [0.15, 0.2) is 0 Å². The van der Waals surface area contributed by atoms with Crippen molar-refractivity contribution in [3.05, 3.63) is 0 Å². The van der Waals surface area contributed by atoms with Crippen LogP contribution in [0, 0.1) is 5.41 Å². The zero-order chi connectivity index (χ0) is 14.5. The Balaban J connectivity index is 2.70. The van der Waals surface area contributed by atoms with Crippen molar-refractivity contribution in [1.29, 1.82) is 0 Å². The van der Waals surface area contributed by atoms with Crippen LogP contribution in [0.1, 0.15) is 65.7 Å². The molecule has 1 rings (SSSR count). The SMILES string of the molecule is CCC(CC)(CC)CS(=O)(=O)NC1CCCCC1N. The van der Waals surface area contributed by atoms with Gasteiger partial charge in [0.1, 0.15) is 0 Å². The van der Waals surface area contributed by atoms with Crippen molar-refractivity contribution in [2.24, 2.45) is 11.1 Å². The zero-order valence-electron chi connectivity index (χ0n) is 12.6. The second-order valence-corrected chi connectivity index (χ2v) is 7.75. The van der Waals surface area contributed by atoms with Crippen LogP contribution in [-0.4, -0.2) is 26.3 Å². The fraction of sp³-hybridized carbons (Fsp3) is 1.00. The Morgan fingerprint density at radius 3 is 2.11 bits per heavy atom. The summed E-state index contributed by atoms with van der Waals surface area (Å²) in [6, 6.07) is -0.0928. The third-order valence-corrected chi connectivity index (χ3v) is 6.55. The van der Waals surface area contributed by atoms with Gasteiger partial charge in [-0.1, -0.05) is 33.6 Å². The first-order valence-corrected chi connectivity index (χ1v) is 9.29. The lowest BCUT2D eigenvalue weighted by molar-refractivity contribution is 0.285. The van der Waals surface area contributed by atoms with Crippen LogP contribution in [0.3, 0.4) is 0 Å². The first-order chi connectivity index (χ1) is 8.88. The summed E-state index contributed by atoms with van der Waals surface area (Å²) in [7, 11) is -3.24. The Bertz CT molecular complexity index is 355. The third-order valence-electron chi connectivity index (χ3n) is 4.90. The fourth-order valence-corrected chi connectivity index (χ4v) is 5.29. The molecule has 4 nitrogen and oxygen atoms in total. The topological polar surface area (TPSA) is 72.2 Å². The Kier molecular flexibility index (Phi) is 6.27. The van der Waals surface area contributed by atoms with Crippen molar-refractivity contribution in [3.8, 4) is 0 Å². The monoisotopic (exact) mass is 290 g/mol. The van der Waals surface area contributed by atoms with E-state index in [0.717, 1.165) is 44.9 Å². The highest BCUT2D eigenvalue weighted by Crippen LogP contribution is 2.32. The predicted octanol–water partition coefficient (Wildman–Crippen LogP) is 2.39.